The van der Waals surface area contributed by atoms with Gasteiger partial charge in [-0.05, 0) is 12.1 Å². The highest BCUT2D eigenvalue weighted by Gasteiger charge is 2.46. The predicted molar refractivity (Wildman–Crippen MR) is 66.5 cm³/mol. The van der Waals surface area contributed by atoms with E-state index in [0.717, 1.165) is 4.90 Å². The van der Waals surface area contributed by atoms with Crippen molar-refractivity contribution in [2.45, 2.75) is 18.5 Å². The fraction of sp³-hybridized carbons (Fsp3) is 0.231. The number of carbonyl (C=O) groups is 4. The number of carbonyl (C=O) groups excluding carboxylic acids is 4. The van der Waals surface area contributed by atoms with Gasteiger partial charge in [-0.25, -0.2) is 0 Å². The quantitative estimate of drug-likeness (QED) is 0.639. The summed E-state index contributed by atoms with van der Waals surface area (Å²) in [6.45, 7) is 0. The topological polar surface area (TPSA) is 110 Å². The van der Waals surface area contributed by atoms with Crippen LogP contribution in [0.25, 0.3) is 0 Å². The summed E-state index contributed by atoms with van der Waals surface area (Å²) in [5.41, 5.74) is 6.10. The van der Waals surface area contributed by atoms with Crippen LogP contribution in [-0.2, 0) is 9.59 Å². The van der Waals surface area contributed by atoms with Gasteiger partial charge in [0.2, 0.25) is 11.8 Å². The van der Waals surface area contributed by atoms with Crippen LogP contribution in [0, 0.1) is 0 Å². The smallest absolute Gasteiger partial charge is 0.262 e. The summed E-state index contributed by atoms with van der Waals surface area (Å²) < 4.78 is 0. The molecule has 0 aromatic heterocycles. The summed E-state index contributed by atoms with van der Waals surface area (Å²) in [5, 5.41) is 2.07. The second-order valence-corrected chi connectivity index (χ2v) is 4.74. The molecule has 2 unspecified atom stereocenters. The van der Waals surface area contributed by atoms with Gasteiger partial charge >= 0.3 is 0 Å². The van der Waals surface area contributed by atoms with Gasteiger partial charge < -0.3 is 5.73 Å². The number of fused-ring (bicyclic) bond motifs is 1. The zero-order valence-corrected chi connectivity index (χ0v) is 10.3. The van der Waals surface area contributed by atoms with Gasteiger partial charge in [-0.15, -0.1) is 0 Å². The van der Waals surface area contributed by atoms with E-state index in [1.807, 2.05) is 0 Å². The third-order valence-electron chi connectivity index (χ3n) is 3.50. The summed E-state index contributed by atoms with van der Waals surface area (Å²) in [7, 11) is 0. The van der Waals surface area contributed by atoms with Crippen LogP contribution in [0.15, 0.2) is 24.3 Å². The summed E-state index contributed by atoms with van der Waals surface area (Å²) in [4.78, 5) is 48.5. The monoisotopic (exact) mass is 273 g/mol. The molecule has 20 heavy (non-hydrogen) atoms. The summed E-state index contributed by atoms with van der Waals surface area (Å²) >= 11 is 0. The van der Waals surface area contributed by atoms with Crippen molar-refractivity contribution in [2.24, 2.45) is 5.73 Å². The Balaban J connectivity index is 1.97. The standard InChI is InChI=1S/C13H11N3O4/c14-8-5-9(11(18)15-10(8)17)16-12(19)6-3-1-2-4-7(6)13(16)20/h1-4,8-9H,5,14H2,(H,15,17,18). The van der Waals surface area contributed by atoms with Crippen molar-refractivity contribution in [3.8, 4) is 0 Å². The van der Waals surface area contributed by atoms with Gasteiger partial charge in [0.15, 0.2) is 0 Å². The number of imide groups is 2. The lowest BCUT2D eigenvalue weighted by Gasteiger charge is -2.30. The van der Waals surface area contributed by atoms with Gasteiger partial charge in [-0.3, -0.25) is 29.4 Å². The van der Waals surface area contributed by atoms with Crippen molar-refractivity contribution >= 4 is 23.6 Å². The molecule has 0 bridgehead atoms. The van der Waals surface area contributed by atoms with Crippen LogP contribution < -0.4 is 11.1 Å². The molecule has 7 heteroatoms. The molecule has 2 aliphatic heterocycles. The third-order valence-corrected chi connectivity index (χ3v) is 3.50. The second kappa shape index (κ2) is 4.24. The number of benzene rings is 1. The average molecular weight is 273 g/mol. The molecule has 102 valence electrons. The minimum Gasteiger partial charge on any atom is -0.320 e. The molecule has 2 aliphatic rings. The van der Waals surface area contributed by atoms with Crippen LogP contribution in [0.4, 0.5) is 0 Å². The molecule has 4 amide bonds. The highest BCUT2D eigenvalue weighted by atomic mass is 16.2. The van der Waals surface area contributed by atoms with Crippen LogP contribution in [0.3, 0.4) is 0 Å². The lowest BCUT2D eigenvalue weighted by atomic mass is 10.0. The minimum atomic E-state index is -1.05. The van der Waals surface area contributed by atoms with Crippen molar-refractivity contribution in [3.05, 3.63) is 35.4 Å². The lowest BCUT2D eigenvalue weighted by molar-refractivity contribution is -0.137. The van der Waals surface area contributed by atoms with Gasteiger partial charge in [0.1, 0.15) is 6.04 Å². The number of piperidine rings is 1. The number of rotatable bonds is 1. The number of nitrogens with one attached hydrogen (secondary N) is 1. The zero-order chi connectivity index (χ0) is 14.4. The first-order valence-electron chi connectivity index (χ1n) is 6.08. The summed E-state index contributed by atoms with van der Waals surface area (Å²) in [5.74, 6) is -2.34. The first kappa shape index (κ1) is 12.5. The molecular formula is C13H11N3O4. The Morgan fingerprint density at radius 1 is 1.00 bits per heavy atom. The Labute approximate surface area is 113 Å². The molecule has 7 nitrogen and oxygen atoms in total. The highest BCUT2D eigenvalue weighted by Crippen LogP contribution is 2.26. The highest BCUT2D eigenvalue weighted by molar-refractivity contribution is 6.23. The fourth-order valence-corrected chi connectivity index (χ4v) is 2.47. The van der Waals surface area contributed by atoms with E-state index in [2.05, 4.69) is 5.32 Å². The van der Waals surface area contributed by atoms with Gasteiger partial charge in [-0.1, -0.05) is 12.1 Å². The van der Waals surface area contributed by atoms with Crippen molar-refractivity contribution in [1.29, 1.82) is 0 Å². The van der Waals surface area contributed by atoms with Gasteiger partial charge in [0, 0.05) is 6.42 Å². The Kier molecular flexibility index (Phi) is 2.65. The zero-order valence-electron chi connectivity index (χ0n) is 10.3. The molecule has 2 atom stereocenters. The molecule has 0 spiro atoms. The number of nitrogens with two attached hydrogens (primary N) is 1. The molecule has 1 aromatic rings. The lowest BCUT2D eigenvalue weighted by Crippen LogP contribution is -2.61. The van der Waals surface area contributed by atoms with Gasteiger partial charge in [-0.2, -0.15) is 0 Å². The molecule has 0 radical (unpaired) electrons. The predicted octanol–water partition coefficient (Wildman–Crippen LogP) is -0.975. The molecule has 2 heterocycles. The maximum Gasteiger partial charge on any atom is 0.262 e. The van der Waals surface area contributed by atoms with E-state index in [9.17, 15) is 19.2 Å². The van der Waals surface area contributed by atoms with Crippen molar-refractivity contribution in [3.63, 3.8) is 0 Å². The van der Waals surface area contributed by atoms with Crippen molar-refractivity contribution < 1.29 is 19.2 Å². The SMILES string of the molecule is NC1CC(N2C(=O)c3ccccc3C2=O)C(=O)NC1=O. The Bertz CT molecular complexity index is 620. The molecule has 0 aliphatic carbocycles. The van der Waals surface area contributed by atoms with E-state index >= 15 is 0 Å². The first-order valence-corrected chi connectivity index (χ1v) is 6.08. The third kappa shape index (κ3) is 1.64. The van der Waals surface area contributed by atoms with Crippen LogP contribution in [0.1, 0.15) is 27.1 Å². The van der Waals surface area contributed by atoms with E-state index < -0.39 is 35.7 Å². The maximum atomic E-state index is 12.2. The molecular weight excluding hydrogens is 262 g/mol. The van der Waals surface area contributed by atoms with Crippen LogP contribution in [-0.4, -0.2) is 40.6 Å². The molecule has 3 rings (SSSR count). The maximum absolute atomic E-state index is 12.2. The molecule has 3 N–H and O–H groups in total. The number of amides is 4. The first-order chi connectivity index (χ1) is 9.50. The van der Waals surface area contributed by atoms with Crippen LogP contribution in [0.2, 0.25) is 0 Å². The van der Waals surface area contributed by atoms with Crippen LogP contribution >= 0.6 is 0 Å². The van der Waals surface area contributed by atoms with Gasteiger partial charge in [0.05, 0.1) is 17.2 Å². The summed E-state index contributed by atoms with van der Waals surface area (Å²) in [6.07, 6.45) is -0.0594. The van der Waals surface area contributed by atoms with Crippen molar-refractivity contribution in [2.75, 3.05) is 0 Å². The van der Waals surface area contributed by atoms with E-state index in [1.54, 1.807) is 12.1 Å². The Hall–Kier alpha value is -2.54. The second-order valence-electron chi connectivity index (χ2n) is 4.74. The van der Waals surface area contributed by atoms with E-state index in [0.29, 0.717) is 0 Å². The molecule has 1 aromatic carbocycles. The van der Waals surface area contributed by atoms with E-state index in [-0.39, 0.29) is 17.5 Å². The van der Waals surface area contributed by atoms with E-state index in [4.69, 9.17) is 5.73 Å². The number of nitrogens with zero attached hydrogens (tertiary/aromatic N) is 1. The number of hydrogen-bond acceptors (Lipinski definition) is 5. The van der Waals surface area contributed by atoms with Crippen molar-refractivity contribution in [1.82, 2.24) is 10.2 Å². The fourth-order valence-electron chi connectivity index (χ4n) is 2.47. The molecule has 1 saturated heterocycles. The minimum absolute atomic E-state index is 0.0594. The van der Waals surface area contributed by atoms with E-state index in [1.165, 1.54) is 12.1 Å². The Morgan fingerprint density at radius 2 is 1.55 bits per heavy atom. The number of hydrogen-bond donors (Lipinski definition) is 2. The molecule has 0 saturated carbocycles. The average Bonchev–Trinajstić information content (AvgIpc) is 2.68. The Morgan fingerprint density at radius 3 is 2.10 bits per heavy atom. The summed E-state index contributed by atoms with van der Waals surface area (Å²) in [6, 6.07) is 4.38. The van der Waals surface area contributed by atoms with Gasteiger partial charge in [0.25, 0.3) is 11.8 Å². The largest absolute Gasteiger partial charge is 0.320 e. The molecule has 1 fully saturated rings. The normalized spacial score (nSPS) is 25.8. The van der Waals surface area contributed by atoms with Crippen LogP contribution in [0.5, 0.6) is 0 Å².